The van der Waals surface area contributed by atoms with Crippen molar-refractivity contribution in [1.29, 1.82) is 0 Å². The maximum Gasteiger partial charge on any atom is 0.410 e. The number of amides is 2. The Bertz CT molecular complexity index is 894. The summed E-state index contributed by atoms with van der Waals surface area (Å²) < 4.78 is 21.8. The third kappa shape index (κ3) is 7.34. The topological polar surface area (TPSA) is 94.6 Å². The van der Waals surface area contributed by atoms with Crippen molar-refractivity contribution < 1.29 is 33.3 Å². The number of rotatable bonds is 11. The number of hydrogen-bond donors (Lipinski definition) is 0. The van der Waals surface area contributed by atoms with Crippen LogP contribution in [0.2, 0.25) is 0 Å². The predicted molar refractivity (Wildman–Crippen MR) is 130 cm³/mol. The lowest BCUT2D eigenvalue weighted by molar-refractivity contribution is -0.111. The molecule has 35 heavy (non-hydrogen) atoms. The summed E-state index contributed by atoms with van der Waals surface area (Å²) in [5.41, 5.74) is -0.108. The molecule has 0 radical (unpaired) electrons. The molecule has 2 atom stereocenters. The Morgan fingerprint density at radius 3 is 2.46 bits per heavy atom. The molecule has 0 spiro atoms. The van der Waals surface area contributed by atoms with Crippen LogP contribution in [0.1, 0.15) is 50.4 Å². The molecule has 0 unspecified atom stereocenters. The molecule has 2 fully saturated rings. The van der Waals surface area contributed by atoms with E-state index >= 15 is 0 Å². The molecule has 1 saturated carbocycles. The predicted octanol–water partition coefficient (Wildman–Crippen LogP) is 3.40. The fraction of sp³-hybridized carbons (Fsp3) is 0.654. The standard InChI is InChI=1S/C26H38N2O7/c1-26(2,3)35-25(31)27-14-19(20(15-27)17-29)16-28(21-8-9-21)24(30)18-7-10-22(33-5)23(13-18)34-12-6-11-32-4/h7,10,13,17,19-21H,6,8-9,11-12,14-16H2,1-5H3/t19-,20-/m0/s1. The van der Waals surface area contributed by atoms with Gasteiger partial charge in [-0.25, -0.2) is 4.79 Å². The summed E-state index contributed by atoms with van der Waals surface area (Å²) in [4.78, 5) is 41.3. The van der Waals surface area contributed by atoms with Crippen LogP contribution in [-0.2, 0) is 14.3 Å². The van der Waals surface area contributed by atoms with Gasteiger partial charge >= 0.3 is 6.09 Å². The first-order valence-corrected chi connectivity index (χ1v) is 12.2. The summed E-state index contributed by atoms with van der Waals surface area (Å²) in [6, 6.07) is 5.32. The number of carbonyl (C=O) groups excluding carboxylic acids is 3. The third-order valence-electron chi connectivity index (χ3n) is 6.16. The van der Waals surface area contributed by atoms with Crippen LogP contribution in [0.5, 0.6) is 11.5 Å². The Morgan fingerprint density at radius 1 is 1.11 bits per heavy atom. The highest BCUT2D eigenvalue weighted by Gasteiger charge is 2.41. The third-order valence-corrected chi connectivity index (χ3v) is 6.16. The van der Waals surface area contributed by atoms with Gasteiger partial charge in [0.25, 0.3) is 5.91 Å². The van der Waals surface area contributed by atoms with E-state index in [1.54, 1.807) is 37.3 Å². The summed E-state index contributed by atoms with van der Waals surface area (Å²) in [6.45, 7) is 7.55. The molecule has 2 aliphatic rings. The van der Waals surface area contributed by atoms with E-state index in [4.69, 9.17) is 18.9 Å². The maximum atomic E-state index is 13.6. The van der Waals surface area contributed by atoms with Gasteiger partial charge in [0, 0.05) is 63.2 Å². The SMILES string of the molecule is COCCCOc1cc(C(=O)N(C[C@@H]2CN(C(=O)OC(C)(C)C)C[C@H]2C=O)C2CC2)ccc1OC. The van der Waals surface area contributed by atoms with Crippen molar-refractivity contribution in [1.82, 2.24) is 9.80 Å². The van der Waals surface area contributed by atoms with Gasteiger partial charge in [-0.2, -0.15) is 0 Å². The van der Waals surface area contributed by atoms with Gasteiger partial charge in [0.05, 0.1) is 13.7 Å². The fourth-order valence-electron chi connectivity index (χ4n) is 4.23. The summed E-state index contributed by atoms with van der Waals surface area (Å²) in [7, 11) is 3.20. The zero-order chi connectivity index (χ0) is 25.6. The molecular weight excluding hydrogens is 452 g/mol. The normalized spacial score (nSPS) is 19.9. The van der Waals surface area contributed by atoms with Crippen molar-refractivity contribution in [3.05, 3.63) is 23.8 Å². The highest BCUT2D eigenvalue weighted by atomic mass is 16.6. The summed E-state index contributed by atoms with van der Waals surface area (Å²) in [6.07, 6.45) is 3.04. The van der Waals surface area contributed by atoms with Crippen molar-refractivity contribution >= 4 is 18.3 Å². The molecule has 1 aliphatic carbocycles. The Balaban J connectivity index is 1.72. The Kier molecular flexibility index (Phi) is 8.99. The summed E-state index contributed by atoms with van der Waals surface area (Å²) in [5, 5.41) is 0. The van der Waals surface area contributed by atoms with Gasteiger partial charge in [-0.05, 0) is 51.8 Å². The van der Waals surface area contributed by atoms with Crippen molar-refractivity contribution in [2.24, 2.45) is 11.8 Å². The second-order valence-corrected chi connectivity index (χ2v) is 10.2. The number of aldehydes is 1. The van der Waals surface area contributed by atoms with E-state index in [-0.39, 0.29) is 23.8 Å². The van der Waals surface area contributed by atoms with E-state index in [1.165, 1.54) is 0 Å². The molecule has 1 aromatic rings. The zero-order valence-electron chi connectivity index (χ0n) is 21.5. The van der Waals surface area contributed by atoms with Crippen LogP contribution in [0.15, 0.2) is 18.2 Å². The molecule has 9 nitrogen and oxygen atoms in total. The average Bonchev–Trinajstić information content (AvgIpc) is 3.57. The number of likely N-dealkylation sites (tertiary alicyclic amines) is 1. The first-order valence-electron chi connectivity index (χ1n) is 12.2. The quantitative estimate of drug-likeness (QED) is 0.347. The lowest BCUT2D eigenvalue weighted by atomic mass is 9.96. The zero-order valence-corrected chi connectivity index (χ0v) is 21.5. The molecule has 9 heteroatoms. The molecule has 2 amide bonds. The minimum atomic E-state index is -0.612. The smallest absolute Gasteiger partial charge is 0.410 e. The molecule has 1 heterocycles. The second kappa shape index (κ2) is 11.7. The molecule has 1 aromatic carbocycles. The van der Waals surface area contributed by atoms with Crippen LogP contribution in [0.3, 0.4) is 0 Å². The highest BCUT2D eigenvalue weighted by molar-refractivity contribution is 5.95. The van der Waals surface area contributed by atoms with Gasteiger partial charge < -0.3 is 33.5 Å². The van der Waals surface area contributed by atoms with Gasteiger partial charge in [-0.3, -0.25) is 4.79 Å². The number of benzene rings is 1. The van der Waals surface area contributed by atoms with Crippen molar-refractivity contribution in [2.45, 2.75) is 51.7 Å². The van der Waals surface area contributed by atoms with Crippen LogP contribution in [-0.4, -0.2) is 86.8 Å². The van der Waals surface area contributed by atoms with E-state index in [1.807, 2.05) is 25.7 Å². The van der Waals surface area contributed by atoms with E-state index in [0.717, 1.165) is 25.5 Å². The van der Waals surface area contributed by atoms with E-state index in [2.05, 4.69) is 0 Å². The Labute approximate surface area is 207 Å². The average molecular weight is 491 g/mol. The number of nitrogens with zero attached hydrogens (tertiary/aromatic N) is 2. The second-order valence-electron chi connectivity index (χ2n) is 10.2. The number of methoxy groups -OCH3 is 2. The Hall–Kier alpha value is -2.81. The van der Waals surface area contributed by atoms with Crippen LogP contribution in [0, 0.1) is 11.8 Å². The van der Waals surface area contributed by atoms with Gasteiger partial charge in [0.2, 0.25) is 0 Å². The van der Waals surface area contributed by atoms with Crippen LogP contribution in [0.4, 0.5) is 4.79 Å². The van der Waals surface area contributed by atoms with Crippen molar-refractivity contribution in [2.75, 3.05) is 47.1 Å². The van der Waals surface area contributed by atoms with Gasteiger partial charge in [0.15, 0.2) is 11.5 Å². The van der Waals surface area contributed by atoms with Gasteiger partial charge in [-0.15, -0.1) is 0 Å². The molecule has 1 saturated heterocycles. The van der Waals surface area contributed by atoms with Crippen LogP contribution < -0.4 is 9.47 Å². The minimum Gasteiger partial charge on any atom is -0.493 e. The minimum absolute atomic E-state index is 0.114. The van der Waals surface area contributed by atoms with Crippen LogP contribution >= 0.6 is 0 Å². The van der Waals surface area contributed by atoms with Crippen LogP contribution in [0.25, 0.3) is 0 Å². The Morgan fingerprint density at radius 2 is 1.86 bits per heavy atom. The summed E-state index contributed by atoms with van der Waals surface area (Å²) >= 11 is 0. The molecule has 0 aromatic heterocycles. The van der Waals surface area contributed by atoms with Crippen molar-refractivity contribution in [3.63, 3.8) is 0 Å². The van der Waals surface area contributed by atoms with Crippen molar-refractivity contribution in [3.8, 4) is 11.5 Å². The van der Waals surface area contributed by atoms with E-state index in [9.17, 15) is 14.4 Å². The first kappa shape index (κ1) is 26.8. The molecule has 0 N–H and O–H groups in total. The molecular formula is C26H38N2O7. The first-order chi connectivity index (χ1) is 16.7. The van der Waals surface area contributed by atoms with Gasteiger partial charge in [0.1, 0.15) is 11.9 Å². The number of carbonyl (C=O) groups is 3. The number of hydrogen-bond acceptors (Lipinski definition) is 7. The highest BCUT2D eigenvalue weighted by Crippen LogP contribution is 2.34. The molecule has 0 bridgehead atoms. The fourth-order valence-corrected chi connectivity index (χ4v) is 4.23. The van der Waals surface area contributed by atoms with Gasteiger partial charge in [-0.1, -0.05) is 0 Å². The molecule has 1 aliphatic heterocycles. The molecule has 3 rings (SSSR count). The van der Waals surface area contributed by atoms with E-state index in [0.29, 0.717) is 49.9 Å². The lowest BCUT2D eigenvalue weighted by Gasteiger charge is -2.28. The monoisotopic (exact) mass is 490 g/mol. The maximum absolute atomic E-state index is 13.6. The summed E-state index contributed by atoms with van der Waals surface area (Å²) in [5.74, 6) is 0.464. The molecule has 194 valence electrons. The lowest BCUT2D eigenvalue weighted by Crippen LogP contribution is -2.40. The van der Waals surface area contributed by atoms with E-state index < -0.39 is 11.7 Å². The largest absolute Gasteiger partial charge is 0.493 e. The number of ether oxygens (including phenoxy) is 4.